The zero-order chi connectivity index (χ0) is 18.4. The lowest BCUT2D eigenvalue weighted by molar-refractivity contribution is 0.0830. The van der Waals surface area contributed by atoms with Gasteiger partial charge in [0, 0.05) is 6.07 Å². The fraction of sp³-hybridized carbons (Fsp3) is 0.136. The number of ether oxygens (including phenoxy) is 2. The van der Waals surface area contributed by atoms with Crippen LogP contribution in [-0.4, -0.2) is 6.04 Å². The van der Waals surface area contributed by atoms with Crippen molar-refractivity contribution in [2.45, 2.75) is 20.1 Å². The molecule has 132 valence electrons. The number of benzene rings is 3. The molecule has 0 heterocycles. The van der Waals surface area contributed by atoms with Crippen molar-refractivity contribution >= 4 is 6.04 Å². The maximum Gasteiger partial charge on any atom is 0.336 e. The Balaban J connectivity index is 1.80. The molecule has 0 unspecified atom stereocenters. The van der Waals surface area contributed by atoms with Crippen LogP contribution in [0.25, 0.3) is 0 Å². The Bertz CT molecular complexity index is 877. The summed E-state index contributed by atoms with van der Waals surface area (Å²) < 4.78 is 25.0. The highest BCUT2D eigenvalue weighted by Gasteiger charge is 2.17. The third-order valence-electron chi connectivity index (χ3n) is 3.95. The van der Waals surface area contributed by atoms with Crippen LogP contribution in [0.1, 0.15) is 27.0 Å². The smallest absolute Gasteiger partial charge is 0.336 e. The minimum atomic E-state index is -1.51. The zero-order valence-electron chi connectivity index (χ0n) is 14.4. The average molecular weight is 350 g/mol. The Hall–Kier alpha value is -3.14. The van der Waals surface area contributed by atoms with Gasteiger partial charge in [0.05, 0.1) is 5.56 Å². The van der Waals surface area contributed by atoms with E-state index in [0.29, 0.717) is 17.9 Å². The van der Waals surface area contributed by atoms with Crippen LogP contribution in [0.5, 0.6) is 11.5 Å². The monoisotopic (exact) mass is 350 g/mol. The SMILES string of the molecule is Cc1cc(OCc2ccccc2)cc(OCc2ccccc2)c1C(=O)F. The van der Waals surface area contributed by atoms with E-state index >= 15 is 0 Å². The van der Waals surface area contributed by atoms with Crippen LogP contribution in [0.15, 0.2) is 72.8 Å². The van der Waals surface area contributed by atoms with Crippen LogP contribution in [0.4, 0.5) is 4.39 Å². The van der Waals surface area contributed by atoms with Crippen LogP contribution in [0.2, 0.25) is 0 Å². The minimum Gasteiger partial charge on any atom is -0.489 e. The predicted molar refractivity (Wildman–Crippen MR) is 98.2 cm³/mol. The van der Waals surface area contributed by atoms with Crippen LogP contribution in [0, 0.1) is 6.92 Å². The second kappa shape index (κ2) is 8.30. The number of hydrogen-bond donors (Lipinski definition) is 0. The summed E-state index contributed by atoms with van der Waals surface area (Å²) in [7, 11) is 0. The van der Waals surface area contributed by atoms with E-state index in [0.717, 1.165) is 11.1 Å². The van der Waals surface area contributed by atoms with Crippen LogP contribution in [-0.2, 0) is 13.2 Å². The quantitative estimate of drug-likeness (QED) is 0.545. The van der Waals surface area contributed by atoms with E-state index in [1.807, 2.05) is 60.7 Å². The van der Waals surface area contributed by atoms with Gasteiger partial charge in [-0.25, -0.2) is 0 Å². The second-order valence-corrected chi connectivity index (χ2v) is 5.94. The lowest BCUT2D eigenvalue weighted by Gasteiger charge is -2.14. The summed E-state index contributed by atoms with van der Waals surface area (Å²) in [6.07, 6.45) is 0. The molecule has 0 atom stereocenters. The maximum absolute atomic E-state index is 13.5. The van der Waals surface area contributed by atoms with Crippen molar-refractivity contribution in [2.24, 2.45) is 0 Å². The maximum atomic E-state index is 13.5. The van der Waals surface area contributed by atoms with E-state index in [1.165, 1.54) is 0 Å². The molecule has 3 nitrogen and oxygen atoms in total. The van der Waals surface area contributed by atoms with E-state index in [4.69, 9.17) is 9.47 Å². The van der Waals surface area contributed by atoms with Crippen LogP contribution >= 0.6 is 0 Å². The predicted octanol–water partition coefficient (Wildman–Crippen LogP) is 5.26. The van der Waals surface area contributed by atoms with Gasteiger partial charge in [-0.2, -0.15) is 4.39 Å². The molecule has 0 spiro atoms. The molecule has 0 aliphatic heterocycles. The van der Waals surface area contributed by atoms with Gasteiger partial charge in [0.1, 0.15) is 24.7 Å². The highest BCUT2D eigenvalue weighted by atomic mass is 19.1. The molecule has 0 aliphatic carbocycles. The first-order valence-electron chi connectivity index (χ1n) is 8.31. The summed E-state index contributed by atoms with van der Waals surface area (Å²) in [4.78, 5) is 11.4. The van der Waals surface area contributed by atoms with E-state index in [1.54, 1.807) is 19.1 Å². The van der Waals surface area contributed by atoms with E-state index < -0.39 is 6.04 Å². The molecule has 0 saturated heterocycles. The van der Waals surface area contributed by atoms with Crippen molar-refractivity contribution in [3.63, 3.8) is 0 Å². The molecule has 0 bridgehead atoms. The van der Waals surface area contributed by atoms with Gasteiger partial charge >= 0.3 is 6.04 Å². The number of halogens is 1. The summed E-state index contributed by atoms with van der Waals surface area (Å²) in [6, 6.07) is 20.9. The molecule has 0 radical (unpaired) electrons. The van der Waals surface area contributed by atoms with Crippen molar-refractivity contribution in [3.8, 4) is 11.5 Å². The lowest BCUT2D eigenvalue weighted by atomic mass is 10.1. The summed E-state index contributed by atoms with van der Waals surface area (Å²) >= 11 is 0. The standard InChI is InChI=1S/C22H19FO3/c1-16-12-19(25-14-17-8-4-2-5-9-17)13-20(21(16)22(23)24)26-15-18-10-6-3-7-11-18/h2-13H,14-15H2,1H3. The summed E-state index contributed by atoms with van der Waals surface area (Å²) in [6.45, 7) is 2.28. The highest BCUT2D eigenvalue weighted by Crippen LogP contribution is 2.30. The van der Waals surface area contributed by atoms with Gasteiger partial charge in [-0.1, -0.05) is 60.7 Å². The van der Waals surface area contributed by atoms with Crippen LogP contribution in [0.3, 0.4) is 0 Å². The van der Waals surface area contributed by atoms with Gasteiger partial charge in [-0.15, -0.1) is 0 Å². The van der Waals surface area contributed by atoms with Gasteiger partial charge in [-0.3, -0.25) is 4.79 Å². The highest BCUT2D eigenvalue weighted by molar-refractivity contribution is 5.93. The molecule has 3 aromatic carbocycles. The summed E-state index contributed by atoms with van der Waals surface area (Å²) in [5.74, 6) is 0.712. The molecule has 0 saturated carbocycles. The van der Waals surface area contributed by atoms with E-state index in [-0.39, 0.29) is 17.9 Å². The molecular weight excluding hydrogens is 331 g/mol. The largest absolute Gasteiger partial charge is 0.489 e. The summed E-state index contributed by atoms with van der Waals surface area (Å²) in [5.41, 5.74) is 2.36. The molecule has 4 heteroatoms. The number of rotatable bonds is 7. The Morgan fingerprint density at radius 2 is 1.38 bits per heavy atom. The molecule has 0 amide bonds. The number of carbonyl (C=O) groups excluding carboxylic acids is 1. The van der Waals surface area contributed by atoms with Gasteiger partial charge in [0.25, 0.3) is 0 Å². The average Bonchev–Trinajstić information content (AvgIpc) is 2.66. The molecule has 0 aliphatic rings. The first kappa shape index (κ1) is 17.7. The molecule has 26 heavy (non-hydrogen) atoms. The van der Waals surface area contributed by atoms with E-state index in [2.05, 4.69) is 0 Å². The van der Waals surface area contributed by atoms with Crippen molar-refractivity contribution in [3.05, 3.63) is 95.1 Å². The van der Waals surface area contributed by atoms with Crippen molar-refractivity contribution in [1.82, 2.24) is 0 Å². The van der Waals surface area contributed by atoms with E-state index in [9.17, 15) is 9.18 Å². The molecule has 3 rings (SSSR count). The fourth-order valence-corrected chi connectivity index (χ4v) is 2.65. The van der Waals surface area contributed by atoms with Crippen molar-refractivity contribution < 1.29 is 18.7 Å². The second-order valence-electron chi connectivity index (χ2n) is 5.94. The Labute approximate surface area is 152 Å². The summed E-state index contributed by atoms with van der Waals surface area (Å²) in [5, 5.41) is 0. The first-order valence-corrected chi connectivity index (χ1v) is 8.31. The normalized spacial score (nSPS) is 10.4. The Kier molecular flexibility index (Phi) is 5.64. The minimum absolute atomic E-state index is 0.0620. The number of aryl methyl sites for hydroxylation is 1. The third-order valence-corrected chi connectivity index (χ3v) is 3.95. The van der Waals surface area contributed by atoms with Crippen molar-refractivity contribution in [1.29, 1.82) is 0 Å². The van der Waals surface area contributed by atoms with Gasteiger partial charge in [0.15, 0.2) is 0 Å². The van der Waals surface area contributed by atoms with Gasteiger partial charge in [-0.05, 0) is 29.7 Å². The zero-order valence-corrected chi connectivity index (χ0v) is 14.4. The lowest BCUT2D eigenvalue weighted by Crippen LogP contribution is -2.05. The van der Waals surface area contributed by atoms with Gasteiger partial charge < -0.3 is 9.47 Å². The first-order chi connectivity index (χ1) is 12.6. The van der Waals surface area contributed by atoms with Gasteiger partial charge in [0.2, 0.25) is 0 Å². The van der Waals surface area contributed by atoms with Crippen molar-refractivity contribution in [2.75, 3.05) is 0 Å². The van der Waals surface area contributed by atoms with Crippen LogP contribution < -0.4 is 9.47 Å². The molecule has 0 fully saturated rings. The molecule has 0 aromatic heterocycles. The molecular formula is C22H19FO3. The fourth-order valence-electron chi connectivity index (χ4n) is 2.65. The molecule has 0 N–H and O–H groups in total. The number of hydrogen-bond acceptors (Lipinski definition) is 3. The number of carbonyl (C=O) groups is 1. The third kappa shape index (κ3) is 4.48. The topological polar surface area (TPSA) is 35.5 Å². The molecule has 3 aromatic rings. The Morgan fingerprint density at radius 3 is 1.92 bits per heavy atom. The Morgan fingerprint density at radius 1 is 0.846 bits per heavy atom.